The average Bonchev–Trinajstić information content (AvgIpc) is 2.45. The zero-order valence-electron chi connectivity index (χ0n) is 11.3. The maximum Gasteiger partial charge on any atom is 0.168 e. The van der Waals surface area contributed by atoms with Gasteiger partial charge in [0.05, 0.1) is 12.8 Å². The third kappa shape index (κ3) is 2.73. The number of para-hydroxylation sites is 2. The summed E-state index contributed by atoms with van der Waals surface area (Å²) in [4.78, 5) is 17.0. The summed E-state index contributed by atoms with van der Waals surface area (Å²) in [6.45, 7) is 1.87. The third-order valence-electron chi connectivity index (χ3n) is 2.91. The van der Waals surface area contributed by atoms with Crippen LogP contribution in [0.4, 0.5) is 11.4 Å². The van der Waals surface area contributed by atoms with E-state index < -0.39 is 0 Å². The van der Waals surface area contributed by atoms with Crippen LogP contribution in [0.15, 0.2) is 36.4 Å². The van der Waals surface area contributed by atoms with Gasteiger partial charge < -0.3 is 9.64 Å². The number of carbonyl (C=O) groups is 1. The second-order valence-electron chi connectivity index (χ2n) is 4.24. The number of rotatable bonds is 4. The zero-order chi connectivity index (χ0) is 13.8. The highest BCUT2D eigenvalue weighted by Gasteiger charge is 2.10. The number of aryl methyl sites for hydroxylation is 1. The summed E-state index contributed by atoms with van der Waals surface area (Å²) in [5.74, 6) is 0.784. The van der Waals surface area contributed by atoms with Gasteiger partial charge in [-0.1, -0.05) is 12.1 Å². The number of hydrogen-bond acceptors (Lipinski definition) is 4. The standard InChI is InChI=1S/C15H16N2O2/c1-11-8-13(9-12(10-18)16-11)17(2)14-6-4-5-7-15(14)19-3/h4-10H,1-3H3. The van der Waals surface area contributed by atoms with Crippen molar-refractivity contribution in [3.8, 4) is 5.75 Å². The van der Waals surface area contributed by atoms with Crippen LogP contribution in [0.25, 0.3) is 0 Å². The second kappa shape index (κ2) is 5.52. The smallest absolute Gasteiger partial charge is 0.168 e. The number of hydrogen-bond donors (Lipinski definition) is 0. The number of carbonyl (C=O) groups excluding carboxylic acids is 1. The molecule has 98 valence electrons. The monoisotopic (exact) mass is 256 g/mol. The summed E-state index contributed by atoms with van der Waals surface area (Å²) in [6, 6.07) is 11.4. The highest BCUT2D eigenvalue weighted by molar-refractivity contribution is 5.77. The Hall–Kier alpha value is -2.36. The minimum absolute atomic E-state index is 0.428. The van der Waals surface area contributed by atoms with Crippen molar-refractivity contribution in [3.05, 3.63) is 47.8 Å². The van der Waals surface area contributed by atoms with Crippen LogP contribution >= 0.6 is 0 Å². The van der Waals surface area contributed by atoms with E-state index in [4.69, 9.17) is 4.74 Å². The summed E-state index contributed by atoms with van der Waals surface area (Å²) in [7, 11) is 3.57. The van der Waals surface area contributed by atoms with Gasteiger partial charge in [0.1, 0.15) is 11.4 Å². The first kappa shape index (κ1) is 13.1. The summed E-state index contributed by atoms with van der Waals surface area (Å²) in [5.41, 5.74) is 3.07. The highest BCUT2D eigenvalue weighted by atomic mass is 16.5. The minimum atomic E-state index is 0.428. The van der Waals surface area contributed by atoms with Crippen LogP contribution in [0.5, 0.6) is 5.75 Å². The maximum absolute atomic E-state index is 10.9. The number of aldehydes is 1. The summed E-state index contributed by atoms with van der Waals surface area (Å²) >= 11 is 0. The SMILES string of the molecule is COc1ccccc1N(C)c1cc(C)nc(C=O)c1. The number of nitrogens with zero attached hydrogens (tertiary/aromatic N) is 2. The molecule has 0 bridgehead atoms. The lowest BCUT2D eigenvalue weighted by molar-refractivity contribution is 0.111. The second-order valence-corrected chi connectivity index (χ2v) is 4.24. The van der Waals surface area contributed by atoms with Gasteiger partial charge in [-0.05, 0) is 31.2 Å². The number of ether oxygens (including phenoxy) is 1. The van der Waals surface area contributed by atoms with Crippen LogP contribution in [-0.4, -0.2) is 25.4 Å². The molecule has 0 spiro atoms. The first-order valence-corrected chi connectivity index (χ1v) is 5.96. The molecule has 19 heavy (non-hydrogen) atoms. The summed E-state index contributed by atoms with van der Waals surface area (Å²) in [6.07, 6.45) is 0.757. The Bertz CT molecular complexity index is 596. The van der Waals surface area contributed by atoms with Gasteiger partial charge in [0, 0.05) is 18.4 Å². The van der Waals surface area contributed by atoms with Gasteiger partial charge in [0.15, 0.2) is 6.29 Å². The summed E-state index contributed by atoms with van der Waals surface area (Å²) in [5, 5.41) is 0. The molecule has 0 unspecified atom stereocenters. The van der Waals surface area contributed by atoms with Crippen molar-refractivity contribution in [2.75, 3.05) is 19.1 Å². The summed E-state index contributed by atoms with van der Waals surface area (Å²) < 4.78 is 5.35. The van der Waals surface area contributed by atoms with Gasteiger partial charge in [-0.25, -0.2) is 0 Å². The molecule has 4 nitrogen and oxygen atoms in total. The first-order valence-electron chi connectivity index (χ1n) is 5.96. The normalized spacial score (nSPS) is 10.1. The van der Waals surface area contributed by atoms with E-state index in [1.807, 2.05) is 49.2 Å². The van der Waals surface area contributed by atoms with Crippen LogP contribution in [0.2, 0.25) is 0 Å². The molecule has 0 saturated carbocycles. The van der Waals surface area contributed by atoms with Crippen LogP contribution < -0.4 is 9.64 Å². The van der Waals surface area contributed by atoms with Crippen molar-refractivity contribution in [3.63, 3.8) is 0 Å². The Morgan fingerprint density at radius 1 is 1.26 bits per heavy atom. The van der Waals surface area contributed by atoms with Gasteiger partial charge in [0.25, 0.3) is 0 Å². The van der Waals surface area contributed by atoms with Crippen molar-refractivity contribution in [2.45, 2.75) is 6.92 Å². The fourth-order valence-electron chi connectivity index (χ4n) is 1.98. The number of benzene rings is 1. The number of pyridine rings is 1. The van der Waals surface area contributed by atoms with Crippen molar-refractivity contribution < 1.29 is 9.53 Å². The molecule has 0 aliphatic carbocycles. The molecular weight excluding hydrogens is 240 g/mol. The Morgan fingerprint density at radius 2 is 2.00 bits per heavy atom. The average molecular weight is 256 g/mol. The van der Waals surface area contributed by atoms with Crippen LogP contribution in [-0.2, 0) is 0 Å². The first-order chi connectivity index (χ1) is 9.15. The van der Waals surface area contributed by atoms with E-state index >= 15 is 0 Å². The molecule has 0 N–H and O–H groups in total. The van der Waals surface area contributed by atoms with Crippen LogP contribution in [0, 0.1) is 6.92 Å². The van der Waals surface area contributed by atoms with Gasteiger partial charge in [0.2, 0.25) is 0 Å². The lowest BCUT2D eigenvalue weighted by atomic mass is 10.2. The Morgan fingerprint density at radius 3 is 2.68 bits per heavy atom. The molecule has 2 aromatic rings. The van der Waals surface area contributed by atoms with E-state index in [9.17, 15) is 4.79 Å². The Balaban J connectivity index is 2.46. The molecular formula is C15H16N2O2. The van der Waals surface area contributed by atoms with E-state index in [2.05, 4.69) is 4.98 Å². The van der Waals surface area contributed by atoms with Crippen LogP contribution in [0.1, 0.15) is 16.2 Å². The molecule has 4 heteroatoms. The maximum atomic E-state index is 10.9. The zero-order valence-corrected chi connectivity index (χ0v) is 11.3. The van der Waals surface area contributed by atoms with Gasteiger partial charge in [-0.3, -0.25) is 9.78 Å². The molecule has 0 radical (unpaired) electrons. The van der Waals surface area contributed by atoms with E-state index in [-0.39, 0.29) is 0 Å². The van der Waals surface area contributed by atoms with Gasteiger partial charge in [-0.2, -0.15) is 0 Å². The molecule has 0 atom stereocenters. The van der Waals surface area contributed by atoms with E-state index in [1.54, 1.807) is 13.2 Å². The number of methoxy groups -OCH3 is 1. The lowest BCUT2D eigenvalue weighted by Gasteiger charge is -2.22. The molecule has 0 saturated heterocycles. The molecule has 0 aliphatic heterocycles. The molecule has 1 aromatic heterocycles. The number of aromatic nitrogens is 1. The fourth-order valence-corrected chi connectivity index (χ4v) is 1.98. The molecule has 0 amide bonds. The predicted molar refractivity (Wildman–Crippen MR) is 75.4 cm³/mol. The van der Waals surface area contributed by atoms with Crippen molar-refractivity contribution in [2.24, 2.45) is 0 Å². The fraction of sp³-hybridized carbons (Fsp3) is 0.200. The van der Waals surface area contributed by atoms with Crippen molar-refractivity contribution in [1.29, 1.82) is 0 Å². The number of anilines is 2. The van der Waals surface area contributed by atoms with Crippen molar-refractivity contribution in [1.82, 2.24) is 4.98 Å². The largest absolute Gasteiger partial charge is 0.495 e. The lowest BCUT2D eigenvalue weighted by Crippen LogP contribution is -2.11. The third-order valence-corrected chi connectivity index (χ3v) is 2.91. The van der Waals surface area contributed by atoms with Gasteiger partial charge in [-0.15, -0.1) is 0 Å². The van der Waals surface area contributed by atoms with E-state index in [0.717, 1.165) is 29.1 Å². The minimum Gasteiger partial charge on any atom is -0.495 e. The molecule has 2 rings (SSSR count). The quantitative estimate of drug-likeness (QED) is 0.789. The predicted octanol–water partition coefficient (Wildman–Crippen LogP) is 2.98. The Kier molecular flexibility index (Phi) is 3.80. The topological polar surface area (TPSA) is 42.4 Å². The Labute approximate surface area is 112 Å². The van der Waals surface area contributed by atoms with Gasteiger partial charge >= 0.3 is 0 Å². The molecule has 1 aromatic carbocycles. The highest BCUT2D eigenvalue weighted by Crippen LogP contribution is 2.32. The molecule has 0 fully saturated rings. The van der Waals surface area contributed by atoms with E-state index in [0.29, 0.717) is 5.69 Å². The van der Waals surface area contributed by atoms with E-state index in [1.165, 1.54) is 0 Å². The molecule has 1 heterocycles. The van der Waals surface area contributed by atoms with Crippen molar-refractivity contribution >= 4 is 17.7 Å². The molecule has 0 aliphatic rings. The van der Waals surface area contributed by atoms with Crippen LogP contribution in [0.3, 0.4) is 0 Å².